The summed E-state index contributed by atoms with van der Waals surface area (Å²) in [6.07, 6.45) is 7.25. The molecule has 0 aliphatic rings. The Morgan fingerprint density at radius 1 is 0.947 bits per heavy atom. The largest absolute Gasteiger partial charge is 0.264 e. The van der Waals surface area contributed by atoms with Gasteiger partial charge in [-0.15, -0.1) is 0 Å². The molecule has 0 unspecified atom stereocenters. The summed E-state index contributed by atoms with van der Waals surface area (Å²) in [4.78, 5) is 12.8. The quantitative estimate of drug-likeness (QED) is 0.662. The summed E-state index contributed by atoms with van der Waals surface area (Å²) in [5.74, 6) is 0.590. The average Bonchev–Trinajstić information content (AvgIpc) is 2.46. The SMILES string of the molecule is Clc1nc(C=Cc2cccnc2)nc2ccccc12. The molecular weight excluding hydrogens is 258 g/mol. The van der Waals surface area contributed by atoms with Crippen molar-refractivity contribution in [1.82, 2.24) is 15.0 Å². The zero-order chi connectivity index (χ0) is 13.1. The van der Waals surface area contributed by atoms with Crippen LogP contribution in [0.15, 0.2) is 48.8 Å². The molecule has 0 fully saturated rings. The van der Waals surface area contributed by atoms with Gasteiger partial charge in [0.15, 0.2) is 5.82 Å². The lowest BCUT2D eigenvalue weighted by Gasteiger charge is -2.00. The van der Waals surface area contributed by atoms with E-state index in [4.69, 9.17) is 11.6 Å². The van der Waals surface area contributed by atoms with Gasteiger partial charge >= 0.3 is 0 Å². The molecule has 3 aromatic rings. The molecule has 0 aliphatic carbocycles. The summed E-state index contributed by atoms with van der Waals surface area (Å²) in [6.45, 7) is 0. The van der Waals surface area contributed by atoms with Crippen LogP contribution in [0.2, 0.25) is 5.15 Å². The number of nitrogens with zero attached hydrogens (tertiary/aromatic N) is 3. The van der Waals surface area contributed by atoms with Gasteiger partial charge in [0, 0.05) is 17.8 Å². The van der Waals surface area contributed by atoms with E-state index in [-0.39, 0.29) is 0 Å². The number of aromatic nitrogens is 3. The summed E-state index contributed by atoms with van der Waals surface area (Å²) in [5.41, 5.74) is 1.84. The maximum absolute atomic E-state index is 6.15. The van der Waals surface area contributed by atoms with E-state index in [1.165, 1.54) is 0 Å². The smallest absolute Gasteiger partial charge is 0.154 e. The second-order valence-corrected chi connectivity index (χ2v) is 4.37. The molecule has 0 aliphatic heterocycles. The van der Waals surface area contributed by atoms with E-state index >= 15 is 0 Å². The fourth-order valence-corrected chi connectivity index (χ4v) is 2.02. The maximum atomic E-state index is 6.15. The van der Waals surface area contributed by atoms with Crippen LogP contribution in [-0.2, 0) is 0 Å². The molecule has 0 atom stereocenters. The molecular formula is C15H10ClN3. The van der Waals surface area contributed by atoms with Crippen molar-refractivity contribution >= 4 is 34.7 Å². The van der Waals surface area contributed by atoms with Crippen LogP contribution in [0, 0.1) is 0 Å². The van der Waals surface area contributed by atoms with E-state index in [2.05, 4.69) is 15.0 Å². The molecule has 2 heterocycles. The Labute approximate surface area is 115 Å². The van der Waals surface area contributed by atoms with Crippen molar-refractivity contribution < 1.29 is 0 Å². The van der Waals surface area contributed by atoms with Crippen LogP contribution in [0.1, 0.15) is 11.4 Å². The molecule has 0 radical (unpaired) electrons. The highest BCUT2D eigenvalue weighted by atomic mass is 35.5. The molecule has 0 N–H and O–H groups in total. The van der Waals surface area contributed by atoms with Crippen molar-refractivity contribution in [2.75, 3.05) is 0 Å². The first-order chi connectivity index (χ1) is 9.33. The van der Waals surface area contributed by atoms with E-state index in [9.17, 15) is 0 Å². The first-order valence-corrected chi connectivity index (χ1v) is 6.21. The van der Waals surface area contributed by atoms with Crippen molar-refractivity contribution in [3.63, 3.8) is 0 Å². The Morgan fingerprint density at radius 3 is 2.68 bits per heavy atom. The lowest BCUT2D eigenvalue weighted by molar-refractivity contribution is 1.19. The van der Waals surface area contributed by atoms with Gasteiger partial charge < -0.3 is 0 Å². The van der Waals surface area contributed by atoms with Crippen molar-refractivity contribution in [3.8, 4) is 0 Å². The Balaban J connectivity index is 2.00. The van der Waals surface area contributed by atoms with Crippen LogP contribution in [-0.4, -0.2) is 15.0 Å². The monoisotopic (exact) mass is 267 g/mol. The van der Waals surface area contributed by atoms with Crippen molar-refractivity contribution in [2.45, 2.75) is 0 Å². The number of hydrogen-bond acceptors (Lipinski definition) is 3. The Kier molecular flexibility index (Phi) is 3.21. The normalized spacial score (nSPS) is 11.2. The van der Waals surface area contributed by atoms with Crippen LogP contribution in [0.3, 0.4) is 0 Å². The minimum absolute atomic E-state index is 0.469. The Bertz CT molecular complexity index is 739. The van der Waals surface area contributed by atoms with Gasteiger partial charge in [-0.1, -0.05) is 29.8 Å². The predicted molar refractivity (Wildman–Crippen MR) is 77.7 cm³/mol. The number of fused-ring (bicyclic) bond motifs is 1. The fraction of sp³-hybridized carbons (Fsp3) is 0. The molecule has 0 amide bonds. The number of para-hydroxylation sites is 1. The molecule has 0 spiro atoms. The van der Waals surface area contributed by atoms with E-state index in [0.717, 1.165) is 16.5 Å². The Morgan fingerprint density at radius 2 is 1.84 bits per heavy atom. The van der Waals surface area contributed by atoms with Crippen LogP contribution >= 0.6 is 11.6 Å². The molecule has 0 bridgehead atoms. The molecule has 1 aromatic carbocycles. The molecule has 92 valence electrons. The third kappa shape index (κ3) is 2.61. The lowest BCUT2D eigenvalue weighted by atomic mass is 10.2. The number of rotatable bonds is 2. The van der Waals surface area contributed by atoms with Crippen molar-refractivity contribution in [3.05, 3.63) is 65.3 Å². The molecule has 3 rings (SSSR count). The van der Waals surface area contributed by atoms with Crippen LogP contribution in [0.5, 0.6) is 0 Å². The predicted octanol–water partition coefficient (Wildman–Crippen LogP) is 3.85. The van der Waals surface area contributed by atoms with E-state index in [1.807, 2.05) is 48.6 Å². The van der Waals surface area contributed by atoms with Crippen molar-refractivity contribution in [1.29, 1.82) is 0 Å². The first-order valence-electron chi connectivity index (χ1n) is 5.83. The zero-order valence-corrected chi connectivity index (χ0v) is 10.7. The summed E-state index contributed by atoms with van der Waals surface area (Å²) >= 11 is 6.15. The lowest BCUT2D eigenvalue weighted by Crippen LogP contribution is -1.90. The van der Waals surface area contributed by atoms with Gasteiger partial charge in [-0.3, -0.25) is 4.98 Å². The average molecular weight is 268 g/mol. The van der Waals surface area contributed by atoms with Gasteiger partial charge in [-0.05, 0) is 35.9 Å². The van der Waals surface area contributed by atoms with E-state index in [0.29, 0.717) is 11.0 Å². The second kappa shape index (κ2) is 5.16. The van der Waals surface area contributed by atoms with Crippen molar-refractivity contribution in [2.24, 2.45) is 0 Å². The van der Waals surface area contributed by atoms with Gasteiger partial charge in [0.1, 0.15) is 5.15 Å². The highest BCUT2D eigenvalue weighted by molar-refractivity contribution is 6.34. The number of hydrogen-bond donors (Lipinski definition) is 0. The third-order valence-corrected chi connectivity index (χ3v) is 2.97. The zero-order valence-electron chi connectivity index (χ0n) is 9.99. The maximum Gasteiger partial charge on any atom is 0.154 e. The van der Waals surface area contributed by atoms with Crippen LogP contribution in [0.25, 0.3) is 23.1 Å². The van der Waals surface area contributed by atoms with Gasteiger partial charge in [-0.25, -0.2) is 9.97 Å². The first kappa shape index (κ1) is 11.8. The van der Waals surface area contributed by atoms with Crippen LogP contribution in [0.4, 0.5) is 0 Å². The van der Waals surface area contributed by atoms with Gasteiger partial charge in [0.25, 0.3) is 0 Å². The molecule has 4 heteroatoms. The highest BCUT2D eigenvalue weighted by Gasteiger charge is 2.02. The molecule has 0 saturated heterocycles. The standard InChI is InChI=1S/C15H10ClN3/c16-15-12-5-1-2-6-13(12)18-14(19-15)8-7-11-4-3-9-17-10-11/h1-10H. The third-order valence-electron chi connectivity index (χ3n) is 2.68. The van der Waals surface area contributed by atoms with Gasteiger partial charge in [0.2, 0.25) is 0 Å². The summed E-state index contributed by atoms with van der Waals surface area (Å²) in [5, 5.41) is 1.33. The summed E-state index contributed by atoms with van der Waals surface area (Å²) < 4.78 is 0. The topological polar surface area (TPSA) is 38.7 Å². The van der Waals surface area contributed by atoms with Crippen LogP contribution < -0.4 is 0 Å². The summed E-state index contributed by atoms with van der Waals surface area (Å²) in [7, 11) is 0. The fourth-order valence-electron chi connectivity index (χ4n) is 1.77. The minimum atomic E-state index is 0.469. The molecule has 3 nitrogen and oxygen atoms in total. The second-order valence-electron chi connectivity index (χ2n) is 4.01. The highest BCUT2D eigenvalue weighted by Crippen LogP contribution is 2.20. The number of benzene rings is 1. The Hall–Kier alpha value is -2.26. The molecule has 0 saturated carbocycles. The molecule has 2 aromatic heterocycles. The summed E-state index contributed by atoms with van der Waals surface area (Å²) in [6, 6.07) is 11.5. The number of pyridine rings is 1. The molecule has 19 heavy (non-hydrogen) atoms. The van der Waals surface area contributed by atoms with E-state index < -0.39 is 0 Å². The van der Waals surface area contributed by atoms with E-state index in [1.54, 1.807) is 12.4 Å². The van der Waals surface area contributed by atoms with Gasteiger partial charge in [-0.2, -0.15) is 0 Å². The minimum Gasteiger partial charge on any atom is -0.264 e. The van der Waals surface area contributed by atoms with Gasteiger partial charge in [0.05, 0.1) is 5.52 Å². The number of halogens is 1.